The molecule has 9 heteroatoms. The topological polar surface area (TPSA) is 131 Å². The number of phosphoric ester groups is 1. The first-order valence-electron chi connectivity index (χ1n) is 11.3. The summed E-state index contributed by atoms with van der Waals surface area (Å²) >= 11 is 0. The first kappa shape index (κ1) is 26.6. The van der Waals surface area contributed by atoms with E-state index in [-0.39, 0.29) is 0 Å². The summed E-state index contributed by atoms with van der Waals surface area (Å²) < 4.78 is 21.0. The van der Waals surface area contributed by atoms with Crippen LogP contribution in [-0.4, -0.2) is 34.4 Å². The fourth-order valence-electron chi connectivity index (χ4n) is 3.28. The highest BCUT2D eigenvalue weighted by Crippen LogP contribution is 2.36. The minimum absolute atomic E-state index is 0.470. The molecule has 0 heterocycles. The van der Waals surface area contributed by atoms with Gasteiger partial charge >= 0.3 is 7.82 Å². The number of hydrogen-bond acceptors (Lipinski definition) is 5. The lowest BCUT2D eigenvalue weighted by Crippen LogP contribution is -2.52. The van der Waals surface area contributed by atoms with Crippen LogP contribution in [0.4, 0.5) is 5.69 Å². The van der Waals surface area contributed by atoms with Gasteiger partial charge < -0.3 is 25.6 Å². The Morgan fingerprint density at radius 3 is 2.00 bits per heavy atom. The summed E-state index contributed by atoms with van der Waals surface area (Å²) in [5.41, 5.74) is 9.53. The van der Waals surface area contributed by atoms with Crippen molar-refractivity contribution >= 4 is 19.4 Å². The molecule has 186 valence electrons. The number of carbonyl (C=O) groups excluding carboxylic acids is 1. The van der Waals surface area contributed by atoms with Crippen LogP contribution in [0, 0.1) is 0 Å². The Morgan fingerprint density at radius 1 is 0.943 bits per heavy atom. The lowest BCUT2D eigenvalue weighted by atomic mass is 10.0. The number of aryl methyl sites for hydroxylation is 1. The molecule has 0 fully saturated rings. The molecule has 5 N–H and O–H groups in total. The van der Waals surface area contributed by atoms with E-state index in [2.05, 4.69) is 65.3 Å². The van der Waals surface area contributed by atoms with Gasteiger partial charge in [-0.1, -0.05) is 55.5 Å². The van der Waals surface area contributed by atoms with Crippen LogP contribution in [-0.2, 0) is 26.7 Å². The Kier molecular flexibility index (Phi) is 8.83. The second-order valence-electron chi connectivity index (χ2n) is 8.51. The van der Waals surface area contributed by atoms with Crippen LogP contribution in [0.3, 0.4) is 0 Å². The third-order valence-electron chi connectivity index (χ3n) is 5.47. The minimum atomic E-state index is -4.72. The molecule has 0 bridgehead atoms. The average Bonchev–Trinajstić information content (AvgIpc) is 2.84. The van der Waals surface area contributed by atoms with Crippen molar-refractivity contribution < 1.29 is 28.4 Å². The van der Waals surface area contributed by atoms with Gasteiger partial charge in [-0.15, -0.1) is 0 Å². The highest BCUT2D eigenvalue weighted by atomic mass is 31.2. The Labute approximate surface area is 205 Å². The molecule has 0 aliphatic heterocycles. The summed E-state index contributed by atoms with van der Waals surface area (Å²) in [6.07, 6.45) is 1.78. The second kappa shape index (κ2) is 11.6. The summed E-state index contributed by atoms with van der Waals surface area (Å²) in [5, 5.41) is 2.60. The Bertz CT molecular complexity index is 1160. The van der Waals surface area contributed by atoms with Gasteiger partial charge in [-0.3, -0.25) is 9.32 Å². The molecule has 0 unspecified atom stereocenters. The maximum absolute atomic E-state index is 12.3. The van der Waals surface area contributed by atoms with E-state index >= 15 is 0 Å². The van der Waals surface area contributed by atoms with Crippen LogP contribution in [0.5, 0.6) is 5.75 Å². The summed E-state index contributed by atoms with van der Waals surface area (Å²) in [5.74, 6) is 0.0142. The van der Waals surface area contributed by atoms with Crippen LogP contribution in [0.15, 0.2) is 72.8 Å². The lowest BCUT2D eigenvalue weighted by molar-refractivity contribution is -0.121. The largest absolute Gasteiger partial charge is 0.493 e. The molecule has 3 aromatic carbocycles. The number of hydrogen-bond donors (Lipinski definition) is 4. The van der Waals surface area contributed by atoms with Gasteiger partial charge in [0.25, 0.3) is 0 Å². The van der Waals surface area contributed by atoms with Crippen molar-refractivity contribution in [3.63, 3.8) is 0 Å². The van der Waals surface area contributed by atoms with Crippen molar-refractivity contribution in [2.75, 3.05) is 18.5 Å². The maximum atomic E-state index is 12.3. The zero-order chi connectivity index (χ0) is 25.5. The fraction of sp³-hybridized carbons (Fsp3) is 0.269. The van der Waals surface area contributed by atoms with Gasteiger partial charge in [0, 0.05) is 12.1 Å². The average molecular weight is 499 g/mol. The molecule has 3 rings (SSSR count). The van der Waals surface area contributed by atoms with Gasteiger partial charge in [0.05, 0.1) is 13.2 Å². The first-order valence-corrected chi connectivity index (χ1v) is 12.8. The number of phosphoric acid groups is 1. The maximum Gasteiger partial charge on any atom is 0.469 e. The fourth-order valence-corrected chi connectivity index (χ4v) is 3.71. The van der Waals surface area contributed by atoms with Crippen molar-refractivity contribution in [2.24, 2.45) is 5.73 Å². The molecule has 3 aromatic rings. The predicted molar refractivity (Wildman–Crippen MR) is 136 cm³/mol. The number of carbonyl (C=O) groups is 1. The number of nitrogens with two attached hydrogens (primary N) is 1. The Hall–Kier alpha value is -3.00. The van der Waals surface area contributed by atoms with E-state index < -0.39 is 25.9 Å². The zero-order valence-corrected chi connectivity index (χ0v) is 20.7. The first-order chi connectivity index (χ1) is 16.6. The molecule has 0 aliphatic rings. The van der Waals surface area contributed by atoms with Crippen molar-refractivity contribution in [2.45, 2.75) is 32.2 Å². The zero-order valence-electron chi connectivity index (χ0n) is 19.8. The molecule has 0 spiro atoms. The second-order valence-corrected chi connectivity index (χ2v) is 9.75. The van der Waals surface area contributed by atoms with E-state index in [4.69, 9.17) is 20.3 Å². The van der Waals surface area contributed by atoms with Crippen molar-refractivity contribution in [3.05, 3.63) is 83.9 Å². The van der Waals surface area contributed by atoms with E-state index in [1.54, 1.807) is 24.3 Å². The molecule has 1 amide bonds. The van der Waals surface area contributed by atoms with E-state index in [9.17, 15) is 9.36 Å². The van der Waals surface area contributed by atoms with Crippen LogP contribution >= 0.6 is 7.82 Å². The minimum Gasteiger partial charge on any atom is -0.493 e. The Balaban J connectivity index is 1.47. The molecule has 0 aliphatic carbocycles. The number of benzene rings is 3. The lowest BCUT2D eigenvalue weighted by Gasteiger charge is -2.23. The monoisotopic (exact) mass is 498 g/mol. The van der Waals surface area contributed by atoms with Gasteiger partial charge in [0.15, 0.2) is 0 Å². The molecular formula is C26H31N2O6P. The third-order valence-corrected chi connectivity index (χ3v) is 5.94. The van der Waals surface area contributed by atoms with Crippen molar-refractivity contribution in [3.8, 4) is 16.9 Å². The molecule has 1 atom stereocenters. The smallest absolute Gasteiger partial charge is 0.469 e. The highest BCUT2D eigenvalue weighted by molar-refractivity contribution is 7.46. The summed E-state index contributed by atoms with van der Waals surface area (Å²) in [7, 11) is -4.72. The van der Waals surface area contributed by atoms with E-state index in [0.717, 1.165) is 12.8 Å². The number of amides is 1. The normalized spacial score (nSPS) is 13.2. The van der Waals surface area contributed by atoms with Gasteiger partial charge in [0.1, 0.15) is 11.3 Å². The molecule has 0 saturated heterocycles. The third kappa shape index (κ3) is 8.31. The van der Waals surface area contributed by atoms with Crippen molar-refractivity contribution in [1.29, 1.82) is 0 Å². The predicted octanol–water partition coefficient (Wildman–Crippen LogP) is 4.30. The molecule has 0 aromatic heterocycles. The van der Waals surface area contributed by atoms with Crippen LogP contribution in [0.2, 0.25) is 0 Å². The van der Waals surface area contributed by atoms with Crippen LogP contribution < -0.4 is 15.8 Å². The number of nitrogens with one attached hydrogen (secondary N) is 1. The standard InChI is InChI=1S/C26H31N2O6P/c1-3-19-4-8-21(9-5-19)22-10-6-20(7-11-22)16-17-33-24-14-12-23(13-15-24)28-25(29)26(2,27)18-34-35(30,31)32/h4-15H,3,16-18,27H2,1-2H3,(H,28,29)(H2,30,31,32)/t26-/m0/s1. The molecule has 8 nitrogen and oxygen atoms in total. The van der Waals surface area contributed by atoms with E-state index in [0.29, 0.717) is 18.0 Å². The summed E-state index contributed by atoms with van der Waals surface area (Å²) in [6, 6.07) is 23.8. The van der Waals surface area contributed by atoms with Gasteiger partial charge in [-0.05, 0) is 59.9 Å². The number of rotatable bonds is 11. The van der Waals surface area contributed by atoms with Crippen LogP contribution in [0.1, 0.15) is 25.0 Å². The SMILES string of the molecule is CCc1ccc(-c2ccc(CCOc3ccc(NC(=O)[C@@](C)(N)COP(=O)(O)O)cc3)cc2)cc1. The Morgan fingerprint density at radius 2 is 1.49 bits per heavy atom. The van der Waals surface area contributed by atoms with E-state index in [1.165, 1.54) is 29.2 Å². The van der Waals surface area contributed by atoms with Crippen LogP contribution in [0.25, 0.3) is 11.1 Å². The summed E-state index contributed by atoms with van der Waals surface area (Å²) in [4.78, 5) is 29.9. The summed E-state index contributed by atoms with van der Waals surface area (Å²) in [6.45, 7) is 3.34. The number of anilines is 1. The quantitative estimate of drug-likeness (QED) is 0.290. The number of ether oxygens (including phenoxy) is 1. The van der Waals surface area contributed by atoms with E-state index in [1.807, 2.05) is 0 Å². The van der Waals surface area contributed by atoms with Crippen molar-refractivity contribution in [1.82, 2.24) is 0 Å². The molecule has 0 radical (unpaired) electrons. The van der Waals surface area contributed by atoms with Gasteiger partial charge in [0.2, 0.25) is 5.91 Å². The van der Waals surface area contributed by atoms with Gasteiger partial charge in [-0.25, -0.2) is 4.57 Å². The van der Waals surface area contributed by atoms with Gasteiger partial charge in [-0.2, -0.15) is 0 Å². The molecule has 35 heavy (non-hydrogen) atoms. The highest BCUT2D eigenvalue weighted by Gasteiger charge is 2.32. The molecule has 0 saturated carbocycles. The molecular weight excluding hydrogens is 467 g/mol.